The lowest BCUT2D eigenvalue weighted by atomic mass is 10.2. The third-order valence-corrected chi connectivity index (χ3v) is 4.17. The Morgan fingerprint density at radius 2 is 2.10 bits per heavy atom. The summed E-state index contributed by atoms with van der Waals surface area (Å²) in [6.07, 6.45) is 0. The predicted molar refractivity (Wildman–Crippen MR) is 83.7 cm³/mol. The second kappa shape index (κ2) is 7.31. The molecule has 1 aromatic heterocycles. The lowest BCUT2D eigenvalue weighted by Gasteiger charge is -2.14. The van der Waals surface area contributed by atoms with Crippen molar-refractivity contribution in [1.29, 1.82) is 0 Å². The molecule has 4 heteroatoms. The van der Waals surface area contributed by atoms with E-state index in [0.29, 0.717) is 12.6 Å². The van der Waals surface area contributed by atoms with Crippen molar-refractivity contribution < 1.29 is 9.47 Å². The number of ether oxygens (including phenoxy) is 2. The quantitative estimate of drug-likeness (QED) is 0.836. The van der Waals surface area contributed by atoms with Crippen LogP contribution >= 0.6 is 11.3 Å². The van der Waals surface area contributed by atoms with E-state index in [2.05, 4.69) is 35.8 Å². The molecule has 2 aromatic rings. The van der Waals surface area contributed by atoms with Gasteiger partial charge in [-0.15, -0.1) is 11.3 Å². The number of hydrogen-bond donors (Lipinski definition) is 1. The molecule has 1 aromatic carbocycles. The van der Waals surface area contributed by atoms with Crippen LogP contribution in [-0.2, 0) is 6.54 Å². The molecule has 0 bridgehead atoms. The standard InChI is InChI=1S/C16H21NO2S/c1-4-19-14-8-7-13(10-15(14)18-3)11-17-12(2)16-6-5-9-20-16/h5-10,12,17H,4,11H2,1-3H3/t12-/m0/s1. The maximum atomic E-state index is 5.52. The molecule has 0 aliphatic carbocycles. The number of thiophene rings is 1. The molecule has 0 amide bonds. The van der Waals surface area contributed by atoms with Crippen molar-refractivity contribution in [2.45, 2.75) is 26.4 Å². The molecule has 1 heterocycles. The zero-order valence-electron chi connectivity index (χ0n) is 12.2. The van der Waals surface area contributed by atoms with E-state index in [9.17, 15) is 0 Å². The van der Waals surface area contributed by atoms with Gasteiger partial charge >= 0.3 is 0 Å². The number of benzene rings is 1. The van der Waals surface area contributed by atoms with Crippen molar-refractivity contribution in [3.05, 3.63) is 46.2 Å². The monoisotopic (exact) mass is 291 g/mol. The second-order valence-corrected chi connectivity index (χ2v) is 5.52. The lowest BCUT2D eigenvalue weighted by Crippen LogP contribution is -2.17. The Labute approximate surface area is 124 Å². The molecule has 1 N–H and O–H groups in total. The highest BCUT2D eigenvalue weighted by molar-refractivity contribution is 7.10. The molecule has 0 saturated carbocycles. The first-order chi connectivity index (χ1) is 9.74. The fourth-order valence-corrected chi connectivity index (χ4v) is 2.76. The van der Waals surface area contributed by atoms with E-state index in [0.717, 1.165) is 18.0 Å². The van der Waals surface area contributed by atoms with Crippen molar-refractivity contribution >= 4 is 11.3 Å². The van der Waals surface area contributed by atoms with Gasteiger partial charge in [0.05, 0.1) is 13.7 Å². The summed E-state index contributed by atoms with van der Waals surface area (Å²) in [5, 5.41) is 5.62. The maximum Gasteiger partial charge on any atom is 0.161 e. The van der Waals surface area contributed by atoms with Gasteiger partial charge in [-0.05, 0) is 43.0 Å². The minimum absolute atomic E-state index is 0.354. The third kappa shape index (κ3) is 3.74. The predicted octanol–water partition coefficient (Wildman–Crippen LogP) is 4.01. The van der Waals surface area contributed by atoms with E-state index in [-0.39, 0.29) is 0 Å². The zero-order chi connectivity index (χ0) is 14.4. The molecule has 108 valence electrons. The van der Waals surface area contributed by atoms with E-state index in [4.69, 9.17) is 9.47 Å². The summed E-state index contributed by atoms with van der Waals surface area (Å²) in [6.45, 7) is 5.60. The molecule has 0 unspecified atom stereocenters. The van der Waals surface area contributed by atoms with Gasteiger partial charge < -0.3 is 14.8 Å². The smallest absolute Gasteiger partial charge is 0.161 e. The van der Waals surface area contributed by atoms with Crippen LogP contribution < -0.4 is 14.8 Å². The Balaban J connectivity index is 1.99. The fourth-order valence-electron chi connectivity index (χ4n) is 2.01. The Bertz CT molecular complexity index is 525. The molecular formula is C16H21NO2S. The van der Waals surface area contributed by atoms with Gasteiger partial charge in [0.15, 0.2) is 11.5 Å². The normalized spacial score (nSPS) is 12.2. The average molecular weight is 291 g/mol. The van der Waals surface area contributed by atoms with Crippen LogP contribution in [0.3, 0.4) is 0 Å². The molecule has 1 atom stereocenters. The van der Waals surface area contributed by atoms with Crippen LogP contribution in [-0.4, -0.2) is 13.7 Å². The van der Waals surface area contributed by atoms with Crippen molar-refractivity contribution in [2.75, 3.05) is 13.7 Å². The third-order valence-electron chi connectivity index (χ3n) is 3.11. The maximum absolute atomic E-state index is 5.52. The number of hydrogen-bond acceptors (Lipinski definition) is 4. The zero-order valence-corrected chi connectivity index (χ0v) is 13.0. The summed E-state index contributed by atoms with van der Waals surface area (Å²) >= 11 is 1.78. The van der Waals surface area contributed by atoms with Crippen molar-refractivity contribution in [2.24, 2.45) is 0 Å². The summed E-state index contributed by atoms with van der Waals surface area (Å²) in [7, 11) is 1.67. The van der Waals surface area contributed by atoms with Gasteiger partial charge in [-0.2, -0.15) is 0 Å². The minimum atomic E-state index is 0.354. The van der Waals surface area contributed by atoms with Gasteiger partial charge in [0.1, 0.15) is 0 Å². The second-order valence-electron chi connectivity index (χ2n) is 4.54. The van der Waals surface area contributed by atoms with Crippen LogP contribution in [0.5, 0.6) is 11.5 Å². The van der Waals surface area contributed by atoms with E-state index in [1.54, 1.807) is 18.4 Å². The Morgan fingerprint density at radius 1 is 1.25 bits per heavy atom. The average Bonchev–Trinajstić information content (AvgIpc) is 3.00. The summed E-state index contributed by atoms with van der Waals surface area (Å²) in [4.78, 5) is 1.35. The van der Waals surface area contributed by atoms with Gasteiger partial charge in [0.2, 0.25) is 0 Å². The van der Waals surface area contributed by atoms with E-state index in [1.165, 1.54) is 10.4 Å². The first kappa shape index (κ1) is 14.9. The Hall–Kier alpha value is -1.52. The molecule has 2 rings (SSSR count). The molecular weight excluding hydrogens is 270 g/mol. The van der Waals surface area contributed by atoms with Crippen LogP contribution in [0.2, 0.25) is 0 Å². The van der Waals surface area contributed by atoms with Crippen LogP contribution in [0.25, 0.3) is 0 Å². The SMILES string of the molecule is CCOc1ccc(CN[C@@H](C)c2cccs2)cc1OC. The molecule has 20 heavy (non-hydrogen) atoms. The molecule has 0 aliphatic heterocycles. The summed E-state index contributed by atoms with van der Waals surface area (Å²) in [5.74, 6) is 1.58. The first-order valence-electron chi connectivity index (χ1n) is 6.81. The molecule has 0 radical (unpaired) electrons. The Morgan fingerprint density at radius 3 is 2.75 bits per heavy atom. The molecule has 3 nitrogen and oxygen atoms in total. The van der Waals surface area contributed by atoms with Crippen molar-refractivity contribution in [3.63, 3.8) is 0 Å². The number of rotatable bonds is 7. The molecule has 0 fully saturated rings. The van der Waals surface area contributed by atoms with Crippen molar-refractivity contribution in [3.8, 4) is 11.5 Å². The van der Waals surface area contributed by atoms with Crippen LogP contribution in [0.1, 0.15) is 30.3 Å². The summed E-state index contributed by atoms with van der Waals surface area (Å²) < 4.78 is 10.9. The van der Waals surface area contributed by atoms with Crippen LogP contribution in [0, 0.1) is 0 Å². The topological polar surface area (TPSA) is 30.5 Å². The minimum Gasteiger partial charge on any atom is -0.493 e. The van der Waals surface area contributed by atoms with Gasteiger partial charge in [-0.3, -0.25) is 0 Å². The highest BCUT2D eigenvalue weighted by atomic mass is 32.1. The largest absolute Gasteiger partial charge is 0.493 e. The van der Waals surface area contributed by atoms with E-state index in [1.807, 2.05) is 19.1 Å². The summed E-state index contributed by atoms with van der Waals surface area (Å²) in [6, 6.07) is 10.7. The highest BCUT2D eigenvalue weighted by Gasteiger charge is 2.08. The first-order valence-corrected chi connectivity index (χ1v) is 7.69. The highest BCUT2D eigenvalue weighted by Crippen LogP contribution is 2.28. The van der Waals surface area contributed by atoms with Gasteiger partial charge in [-0.1, -0.05) is 12.1 Å². The van der Waals surface area contributed by atoms with Gasteiger partial charge in [-0.25, -0.2) is 0 Å². The molecule has 0 aliphatic rings. The van der Waals surface area contributed by atoms with Gasteiger partial charge in [0, 0.05) is 17.5 Å². The molecule has 0 spiro atoms. The van der Waals surface area contributed by atoms with Crippen LogP contribution in [0.15, 0.2) is 35.7 Å². The molecule has 0 saturated heterocycles. The van der Waals surface area contributed by atoms with Gasteiger partial charge in [0.25, 0.3) is 0 Å². The van der Waals surface area contributed by atoms with E-state index >= 15 is 0 Å². The summed E-state index contributed by atoms with van der Waals surface area (Å²) in [5.41, 5.74) is 1.19. The van der Waals surface area contributed by atoms with Crippen molar-refractivity contribution in [1.82, 2.24) is 5.32 Å². The number of nitrogens with one attached hydrogen (secondary N) is 1. The fraction of sp³-hybridized carbons (Fsp3) is 0.375. The number of methoxy groups -OCH3 is 1. The Kier molecular flexibility index (Phi) is 5.44. The van der Waals surface area contributed by atoms with Crippen LogP contribution in [0.4, 0.5) is 0 Å². The lowest BCUT2D eigenvalue weighted by molar-refractivity contribution is 0.310. The van der Waals surface area contributed by atoms with E-state index < -0.39 is 0 Å².